The summed E-state index contributed by atoms with van der Waals surface area (Å²) in [6, 6.07) is 11.8. The van der Waals surface area contributed by atoms with Crippen molar-refractivity contribution >= 4 is 11.6 Å². The van der Waals surface area contributed by atoms with E-state index < -0.39 is 0 Å². The highest BCUT2D eigenvalue weighted by molar-refractivity contribution is 5.94. The van der Waals surface area contributed by atoms with Crippen molar-refractivity contribution in [1.82, 2.24) is 9.88 Å². The number of anilines is 1. The smallest absolute Gasteiger partial charge is 0.255 e. The van der Waals surface area contributed by atoms with Crippen LogP contribution >= 0.6 is 0 Å². The van der Waals surface area contributed by atoms with E-state index in [2.05, 4.69) is 16.0 Å². The molecule has 3 rings (SSSR count). The van der Waals surface area contributed by atoms with Crippen LogP contribution in [-0.2, 0) is 0 Å². The van der Waals surface area contributed by atoms with Gasteiger partial charge < -0.3 is 14.5 Å². The van der Waals surface area contributed by atoms with Gasteiger partial charge in [-0.2, -0.15) is 0 Å². The highest BCUT2D eigenvalue weighted by Gasteiger charge is 2.23. The molecule has 0 saturated carbocycles. The van der Waals surface area contributed by atoms with E-state index in [1.165, 1.54) is 0 Å². The van der Waals surface area contributed by atoms with E-state index in [9.17, 15) is 4.79 Å². The zero-order valence-electron chi connectivity index (χ0n) is 14.2. The first-order chi connectivity index (χ1) is 11.7. The Morgan fingerprint density at radius 3 is 2.54 bits per heavy atom. The summed E-state index contributed by atoms with van der Waals surface area (Å²) in [6.07, 6.45) is 1.66. The van der Waals surface area contributed by atoms with E-state index in [1.807, 2.05) is 49.1 Å². The Bertz CT molecular complexity index is 692. The van der Waals surface area contributed by atoms with Crippen molar-refractivity contribution in [3.8, 4) is 5.75 Å². The van der Waals surface area contributed by atoms with E-state index >= 15 is 0 Å². The van der Waals surface area contributed by atoms with Crippen LogP contribution in [0, 0.1) is 6.92 Å². The van der Waals surface area contributed by atoms with Crippen molar-refractivity contribution in [1.29, 1.82) is 0 Å². The minimum atomic E-state index is 0.0558. The number of piperazine rings is 1. The number of aryl methyl sites for hydroxylation is 1. The fourth-order valence-electron chi connectivity index (χ4n) is 2.92. The first-order valence-electron chi connectivity index (χ1n) is 8.37. The van der Waals surface area contributed by atoms with E-state index in [0.717, 1.165) is 30.2 Å². The summed E-state index contributed by atoms with van der Waals surface area (Å²) in [5.41, 5.74) is 2.68. The molecule has 24 heavy (non-hydrogen) atoms. The number of hydrogen-bond acceptors (Lipinski definition) is 4. The molecule has 0 N–H and O–H groups in total. The van der Waals surface area contributed by atoms with E-state index in [-0.39, 0.29) is 5.91 Å². The van der Waals surface area contributed by atoms with Gasteiger partial charge in [-0.3, -0.25) is 9.78 Å². The molecule has 1 amide bonds. The van der Waals surface area contributed by atoms with Gasteiger partial charge in [0, 0.05) is 38.1 Å². The predicted molar refractivity (Wildman–Crippen MR) is 94.7 cm³/mol. The molecule has 2 heterocycles. The summed E-state index contributed by atoms with van der Waals surface area (Å²) in [4.78, 5) is 21.0. The molecule has 1 aliphatic heterocycles. The summed E-state index contributed by atoms with van der Waals surface area (Å²) >= 11 is 0. The summed E-state index contributed by atoms with van der Waals surface area (Å²) in [5, 5.41) is 0. The van der Waals surface area contributed by atoms with Crippen LogP contribution in [0.1, 0.15) is 23.0 Å². The molecule has 5 heteroatoms. The summed E-state index contributed by atoms with van der Waals surface area (Å²) < 4.78 is 5.71. The SMILES string of the molecule is CCOc1ccccc1N1CCN(C(=O)c2ccc(C)nc2)CC1. The van der Waals surface area contributed by atoms with E-state index in [0.29, 0.717) is 25.3 Å². The Balaban J connectivity index is 1.65. The Labute approximate surface area is 142 Å². The Morgan fingerprint density at radius 2 is 1.88 bits per heavy atom. The van der Waals surface area contributed by atoms with Gasteiger partial charge in [-0.15, -0.1) is 0 Å². The van der Waals surface area contributed by atoms with Crippen LogP contribution in [0.4, 0.5) is 5.69 Å². The number of rotatable bonds is 4. The number of pyridine rings is 1. The normalized spacial score (nSPS) is 14.6. The molecule has 2 aromatic rings. The van der Waals surface area contributed by atoms with Crippen molar-refractivity contribution in [2.75, 3.05) is 37.7 Å². The number of carbonyl (C=O) groups excluding carboxylic acids is 1. The average molecular weight is 325 g/mol. The molecular weight excluding hydrogens is 302 g/mol. The predicted octanol–water partition coefficient (Wildman–Crippen LogP) is 2.75. The second-order valence-electron chi connectivity index (χ2n) is 5.87. The average Bonchev–Trinajstić information content (AvgIpc) is 2.63. The van der Waals surface area contributed by atoms with Crippen molar-refractivity contribution < 1.29 is 9.53 Å². The van der Waals surface area contributed by atoms with Crippen LogP contribution in [0.5, 0.6) is 5.75 Å². The van der Waals surface area contributed by atoms with Crippen molar-refractivity contribution in [3.05, 3.63) is 53.9 Å². The topological polar surface area (TPSA) is 45.7 Å². The lowest BCUT2D eigenvalue weighted by atomic mass is 10.2. The van der Waals surface area contributed by atoms with Gasteiger partial charge in [0.25, 0.3) is 5.91 Å². The van der Waals surface area contributed by atoms with Crippen LogP contribution in [-0.4, -0.2) is 48.6 Å². The molecule has 1 saturated heterocycles. The number of benzene rings is 1. The molecule has 1 aromatic carbocycles. The van der Waals surface area contributed by atoms with Gasteiger partial charge in [0.15, 0.2) is 0 Å². The fraction of sp³-hybridized carbons (Fsp3) is 0.368. The quantitative estimate of drug-likeness (QED) is 0.867. The van der Waals surface area contributed by atoms with Crippen LogP contribution < -0.4 is 9.64 Å². The third kappa shape index (κ3) is 3.50. The molecule has 1 aromatic heterocycles. The number of carbonyl (C=O) groups is 1. The van der Waals surface area contributed by atoms with Gasteiger partial charge in [-0.1, -0.05) is 12.1 Å². The molecule has 5 nitrogen and oxygen atoms in total. The van der Waals surface area contributed by atoms with Gasteiger partial charge in [-0.05, 0) is 38.1 Å². The maximum atomic E-state index is 12.6. The van der Waals surface area contributed by atoms with Gasteiger partial charge in [0.2, 0.25) is 0 Å². The second-order valence-corrected chi connectivity index (χ2v) is 5.87. The van der Waals surface area contributed by atoms with Gasteiger partial charge >= 0.3 is 0 Å². The Kier molecular flexibility index (Phi) is 4.99. The second kappa shape index (κ2) is 7.34. The van der Waals surface area contributed by atoms with Crippen LogP contribution in [0.25, 0.3) is 0 Å². The third-order valence-corrected chi connectivity index (χ3v) is 4.23. The fourth-order valence-corrected chi connectivity index (χ4v) is 2.92. The summed E-state index contributed by atoms with van der Waals surface area (Å²) in [5.74, 6) is 0.961. The number of amides is 1. The van der Waals surface area contributed by atoms with Gasteiger partial charge in [0.05, 0.1) is 17.9 Å². The molecule has 0 radical (unpaired) electrons. The lowest BCUT2D eigenvalue weighted by Crippen LogP contribution is -2.48. The molecular formula is C19H23N3O2. The number of ether oxygens (including phenoxy) is 1. The maximum absolute atomic E-state index is 12.6. The third-order valence-electron chi connectivity index (χ3n) is 4.23. The summed E-state index contributed by atoms with van der Waals surface area (Å²) in [7, 11) is 0. The number of hydrogen-bond donors (Lipinski definition) is 0. The minimum absolute atomic E-state index is 0.0558. The molecule has 126 valence electrons. The molecule has 0 spiro atoms. The molecule has 0 bridgehead atoms. The van der Waals surface area contributed by atoms with E-state index in [4.69, 9.17) is 4.74 Å². The number of aromatic nitrogens is 1. The zero-order valence-corrected chi connectivity index (χ0v) is 14.2. The molecule has 0 unspecified atom stereocenters. The van der Waals surface area contributed by atoms with Crippen molar-refractivity contribution in [2.45, 2.75) is 13.8 Å². The lowest BCUT2D eigenvalue weighted by molar-refractivity contribution is 0.0746. The molecule has 1 fully saturated rings. The van der Waals surface area contributed by atoms with Crippen molar-refractivity contribution in [3.63, 3.8) is 0 Å². The van der Waals surface area contributed by atoms with Crippen LogP contribution in [0.2, 0.25) is 0 Å². The summed E-state index contributed by atoms with van der Waals surface area (Å²) in [6.45, 7) is 7.56. The first kappa shape index (κ1) is 16.3. The molecule has 0 atom stereocenters. The van der Waals surface area contributed by atoms with E-state index in [1.54, 1.807) is 6.20 Å². The molecule has 0 aliphatic carbocycles. The minimum Gasteiger partial charge on any atom is -0.492 e. The lowest BCUT2D eigenvalue weighted by Gasteiger charge is -2.36. The standard InChI is InChI=1S/C19H23N3O2/c1-3-24-18-7-5-4-6-17(18)21-10-12-22(13-11-21)19(23)16-9-8-15(2)20-14-16/h4-9,14H,3,10-13H2,1-2H3. The Hall–Kier alpha value is -2.56. The van der Waals surface area contributed by atoms with Crippen LogP contribution in [0.15, 0.2) is 42.6 Å². The monoisotopic (exact) mass is 325 g/mol. The van der Waals surface area contributed by atoms with Gasteiger partial charge in [0.1, 0.15) is 5.75 Å². The highest BCUT2D eigenvalue weighted by atomic mass is 16.5. The highest BCUT2D eigenvalue weighted by Crippen LogP contribution is 2.28. The first-order valence-corrected chi connectivity index (χ1v) is 8.37. The van der Waals surface area contributed by atoms with Gasteiger partial charge in [-0.25, -0.2) is 0 Å². The maximum Gasteiger partial charge on any atom is 0.255 e. The largest absolute Gasteiger partial charge is 0.492 e. The Morgan fingerprint density at radius 1 is 1.12 bits per heavy atom. The van der Waals surface area contributed by atoms with Crippen LogP contribution in [0.3, 0.4) is 0 Å². The number of nitrogens with zero attached hydrogens (tertiary/aromatic N) is 3. The zero-order chi connectivity index (χ0) is 16.9. The number of para-hydroxylation sites is 2. The van der Waals surface area contributed by atoms with Crippen molar-refractivity contribution in [2.24, 2.45) is 0 Å². The molecule has 1 aliphatic rings.